The van der Waals surface area contributed by atoms with E-state index in [1.165, 1.54) is 0 Å². The lowest BCUT2D eigenvalue weighted by Gasteiger charge is -2.32. The molecule has 6 heteroatoms. The first kappa shape index (κ1) is 16.3. The summed E-state index contributed by atoms with van der Waals surface area (Å²) in [6, 6.07) is 6.73. The average molecular weight is 306 g/mol. The van der Waals surface area contributed by atoms with Crippen LogP contribution >= 0.6 is 0 Å². The molecule has 2 rings (SSSR count). The van der Waals surface area contributed by atoms with Crippen LogP contribution in [0, 0.1) is 0 Å². The monoisotopic (exact) mass is 306 g/mol. The van der Waals surface area contributed by atoms with Crippen LogP contribution in [0.4, 0.5) is 5.69 Å². The van der Waals surface area contributed by atoms with Crippen molar-refractivity contribution in [3.05, 3.63) is 24.3 Å². The molecule has 1 heterocycles. The minimum absolute atomic E-state index is 0.0765. The Bertz CT molecular complexity index is 533. The molecule has 1 fully saturated rings. The number of cyclic esters (lactones) is 1. The number of carbonyl (C=O) groups excluding carboxylic acids is 2. The summed E-state index contributed by atoms with van der Waals surface area (Å²) in [6.07, 6.45) is 0.0765. The van der Waals surface area contributed by atoms with E-state index in [1.807, 2.05) is 30.9 Å². The third kappa shape index (κ3) is 3.98. The van der Waals surface area contributed by atoms with Gasteiger partial charge in [-0.1, -0.05) is 19.1 Å². The predicted molar refractivity (Wildman–Crippen MR) is 82.9 cm³/mol. The van der Waals surface area contributed by atoms with Gasteiger partial charge >= 0.3 is 5.97 Å². The number of nitrogens with one attached hydrogen (secondary N) is 1. The average Bonchev–Trinajstić information content (AvgIpc) is 2.51. The molecule has 1 N–H and O–H groups in total. The molecule has 22 heavy (non-hydrogen) atoms. The number of hydrogen-bond acceptors (Lipinski definition) is 5. The van der Waals surface area contributed by atoms with Crippen LogP contribution in [-0.2, 0) is 14.3 Å². The maximum atomic E-state index is 12.2. The van der Waals surface area contributed by atoms with Gasteiger partial charge in [-0.2, -0.15) is 0 Å². The van der Waals surface area contributed by atoms with Crippen LogP contribution in [0.3, 0.4) is 0 Å². The van der Waals surface area contributed by atoms with E-state index in [0.29, 0.717) is 37.7 Å². The fraction of sp³-hybridized carbons (Fsp3) is 0.500. The first-order valence-corrected chi connectivity index (χ1v) is 7.58. The zero-order valence-corrected chi connectivity index (χ0v) is 13.0. The van der Waals surface area contributed by atoms with Crippen molar-refractivity contribution in [2.24, 2.45) is 0 Å². The molecule has 6 nitrogen and oxygen atoms in total. The summed E-state index contributed by atoms with van der Waals surface area (Å²) in [4.78, 5) is 26.1. The molecule has 1 aromatic carbocycles. The van der Waals surface area contributed by atoms with Gasteiger partial charge in [0.2, 0.25) is 5.91 Å². The van der Waals surface area contributed by atoms with Crippen LogP contribution in [0.5, 0.6) is 5.75 Å². The van der Waals surface area contributed by atoms with E-state index in [0.717, 1.165) is 0 Å². The molecule has 0 aliphatic carbocycles. The highest BCUT2D eigenvalue weighted by Gasteiger charge is 2.32. The van der Waals surface area contributed by atoms with E-state index in [-0.39, 0.29) is 18.3 Å². The Kier molecular flexibility index (Phi) is 5.77. The van der Waals surface area contributed by atoms with Crippen molar-refractivity contribution in [2.75, 3.05) is 31.6 Å². The smallest absolute Gasteiger partial charge is 0.323 e. The third-order valence-corrected chi connectivity index (χ3v) is 3.58. The molecule has 120 valence electrons. The van der Waals surface area contributed by atoms with Crippen molar-refractivity contribution in [1.82, 2.24) is 4.90 Å². The zero-order valence-electron chi connectivity index (χ0n) is 13.0. The van der Waals surface area contributed by atoms with Crippen molar-refractivity contribution in [3.63, 3.8) is 0 Å². The fourth-order valence-corrected chi connectivity index (χ4v) is 2.48. The van der Waals surface area contributed by atoms with E-state index in [4.69, 9.17) is 9.47 Å². The molecular formula is C16H22N2O4. The molecule has 1 amide bonds. The number of likely N-dealkylation sites (N-methyl/N-ethyl adjacent to an activating group) is 1. The number of rotatable bonds is 6. The second-order valence-corrected chi connectivity index (χ2v) is 4.99. The minimum atomic E-state index is -0.516. The van der Waals surface area contributed by atoms with Crippen LogP contribution in [0.25, 0.3) is 0 Å². The van der Waals surface area contributed by atoms with Crippen molar-refractivity contribution < 1.29 is 19.1 Å². The van der Waals surface area contributed by atoms with Gasteiger partial charge in [-0.25, -0.2) is 0 Å². The van der Waals surface area contributed by atoms with E-state index in [9.17, 15) is 9.59 Å². The fourth-order valence-electron chi connectivity index (χ4n) is 2.48. The molecule has 0 unspecified atom stereocenters. The lowest BCUT2D eigenvalue weighted by molar-refractivity contribution is -0.158. The van der Waals surface area contributed by atoms with E-state index in [1.54, 1.807) is 12.1 Å². The minimum Gasteiger partial charge on any atom is -0.492 e. The summed E-state index contributed by atoms with van der Waals surface area (Å²) >= 11 is 0. The standard InChI is InChI=1S/C16H22N2O4/c1-3-18-9-10-22-16(20)13(18)11-15(19)17-12-7-5-6-8-14(12)21-4-2/h5-8,13H,3-4,9-11H2,1-2H3,(H,17,19)/t13-/m0/s1. The third-order valence-electron chi connectivity index (χ3n) is 3.58. The van der Waals surface area contributed by atoms with Gasteiger partial charge in [0, 0.05) is 6.54 Å². The van der Waals surface area contributed by atoms with Crippen molar-refractivity contribution in [3.8, 4) is 5.75 Å². The molecule has 1 aromatic rings. The molecular weight excluding hydrogens is 284 g/mol. The SMILES string of the molecule is CCOc1ccccc1NC(=O)C[C@H]1C(=O)OCCN1CC. The summed E-state index contributed by atoms with van der Waals surface area (Å²) in [7, 11) is 0. The Morgan fingerprint density at radius 3 is 2.91 bits per heavy atom. The molecule has 0 radical (unpaired) electrons. The van der Waals surface area contributed by atoms with Gasteiger partial charge < -0.3 is 14.8 Å². The van der Waals surface area contributed by atoms with E-state index < -0.39 is 6.04 Å². The first-order chi connectivity index (χ1) is 10.7. The molecule has 1 saturated heterocycles. The van der Waals surface area contributed by atoms with Crippen LogP contribution < -0.4 is 10.1 Å². The highest BCUT2D eigenvalue weighted by molar-refractivity contribution is 5.95. The summed E-state index contributed by atoms with van der Waals surface area (Å²) < 4.78 is 10.5. The summed E-state index contributed by atoms with van der Waals surface area (Å²) in [5.74, 6) is 0.0627. The lowest BCUT2D eigenvalue weighted by atomic mass is 10.1. The normalized spacial score (nSPS) is 18.6. The maximum absolute atomic E-state index is 12.2. The number of anilines is 1. The van der Waals surface area contributed by atoms with Gasteiger partial charge in [0.05, 0.1) is 18.7 Å². The van der Waals surface area contributed by atoms with Crippen LogP contribution in [0.1, 0.15) is 20.3 Å². The van der Waals surface area contributed by atoms with Crippen molar-refractivity contribution in [1.29, 1.82) is 0 Å². The number of esters is 1. The number of amides is 1. The molecule has 0 bridgehead atoms. The highest BCUT2D eigenvalue weighted by Crippen LogP contribution is 2.24. The van der Waals surface area contributed by atoms with Gasteiger partial charge in [-0.3, -0.25) is 14.5 Å². The Morgan fingerprint density at radius 1 is 1.41 bits per heavy atom. The molecule has 0 aromatic heterocycles. The number of morpholine rings is 1. The second-order valence-electron chi connectivity index (χ2n) is 4.99. The highest BCUT2D eigenvalue weighted by atomic mass is 16.5. The van der Waals surface area contributed by atoms with Crippen molar-refractivity contribution >= 4 is 17.6 Å². The number of carbonyl (C=O) groups is 2. The quantitative estimate of drug-likeness (QED) is 0.810. The number of ether oxygens (including phenoxy) is 2. The molecule has 1 aliphatic rings. The van der Waals surface area contributed by atoms with Gasteiger partial charge in [0.1, 0.15) is 18.4 Å². The van der Waals surface area contributed by atoms with Gasteiger partial charge in [-0.15, -0.1) is 0 Å². The zero-order chi connectivity index (χ0) is 15.9. The molecule has 1 atom stereocenters. The number of hydrogen-bond donors (Lipinski definition) is 1. The first-order valence-electron chi connectivity index (χ1n) is 7.58. The largest absolute Gasteiger partial charge is 0.492 e. The Labute approximate surface area is 130 Å². The Morgan fingerprint density at radius 2 is 2.18 bits per heavy atom. The summed E-state index contributed by atoms with van der Waals surface area (Å²) in [6.45, 7) is 6.13. The number of benzene rings is 1. The summed E-state index contributed by atoms with van der Waals surface area (Å²) in [5, 5.41) is 2.81. The Balaban J connectivity index is 2.01. The topological polar surface area (TPSA) is 67.9 Å². The lowest BCUT2D eigenvalue weighted by Crippen LogP contribution is -2.50. The van der Waals surface area contributed by atoms with Crippen LogP contribution in [0.2, 0.25) is 0 Å². The summed E-state index contributed by atoms with van der Waals surface area (Å²) in [5.41, 5.74) is 0.613. The van der Waals surface area contributed by atoms with E-state index in [2.05, 4.69) is 5.32 Å². The Hall–Kier alpha value is -2.08. The predicted octanol–water partition coefficient (Wildman–Crippen LogP) is 1.66. The number of nitrogens with zero attached hydrogens (tertiary/aromatic N) is 1. The van der Waals surface area contributed by atoms with Crippen LogP contribution in [-0.4, -0.2) is 49.1 Å². The number of para-hydroxylation sites is 2. The van der Waals surface area contributed by atoms with Crippen LogP contribution in [0.15, 0.2) is 24.3 Å². The van der Waals surface area contributed by atoms with Gasteiger partial charge in [0.25, 0.3) is 0 Å². The molecule has 0 spiro atoms. The maximum Gasteiger partial charge on any atom is 0.323 e. The molecule has 1 aliphatic heterocycles. The molecule has 0 saturated carbocycles. The second kappa shape index (κ2) is 7.79. The van der Waals surface area contributed by atoms with E-state index >= 15 is 0 Å². The van der Waals surface area contributed by atoms with Gasteiger partial charge in [-0.05, 0) is 25.6 Å². The van der Waals surface area contributed by atoms with Crippen molar-refractivity contribution in [2.45, 2.75) is 26.3 Å². The van der Waals surface area contributed by atoms with Gasteiger partial charge in [0.15, 0.2) is 0 Å².